The molecule has 0 saturated heterocycles. The van der Waals surface area contributed by atoms with Crippen molar-refractivity contribution in [3.63, 3.8) is 0 Å². The molecule has 29 heavy (non-hydrogen) atoms. The fourth-order valence-corrected chi connectivity index (χ4v) is 2.53. The number of carbonyl (C=O) groups is 3. The molecule has 2 aromatic rings. The minimum absolute atomic E-state index is 0.0835. The van der Waals surface area contributed by atoms with Gasteiger partial charge in [-0.2, -0.15) is 0 Å². The van der Waals surface area contributed by atoms with Crippen LogP contribution in [0.2, 0.25) is 0 Å². The second kappa shape index (κ2) is 10.8. The molecular weight excluding hydrogens is 370 g/mol. The van der Waals surface area contributed by atoms with Gasteiger partial charge < -0.3 is 20.7 Å². The molecule has 0 bridgehead atoms. The molecule has 7 heteroatoms. The average molecular weight is 397 g/mol. The Bertz CT molecular complexity index is 820. The summed E-state index contributed by atoms with van der Waals surface area (Å²) in [6.07, 6.45) is -0.263. The molecule has 0 unspecified atom stereocenters. The quantitative estimate of drug-likeness (QED) is 0.629. The minimum Gasteiger partial charge on any atom is -0.445 e. The smallest absolute Gasteiger partial charge is 0.408 e. The molecule has 1 atom stereocenters. The summed E-state index contributed by atoms with van der Waals surface area (Å²) >= 11 is 0. The van der Waals surface area contributed by atoms with Gasteiger partial charge in [0.15, 0.2) is 0 Å². The molecule has 3 N–H and O–H groups in total. The van der Waals surface area contributed by atoms with Gasteiger partial charge in [-0.25, -0.2) is 4.79 Å². The van der Waals surface area contributed by atoms with Crippen LogP contribution in [0.25, 0.3) is 0 Å². The van der Waals surface area contributed by atoms with Gasteiger partial charge in [0.25, 0.3) is 0 Å². The van der Waals surface area contributed by atoms with Crippen LogP contribution in [-0.2, 0) is 20.9 Å². The van der Waals surface area contributed by atoms with Gasteiger partial charge in [-0.15, -0.1) is 0 Å². The molecule has 154 valence electrons. The molecule has 0 fully saturated rings. The number of nitrogens with one attached hydrogen (secondary N) is 3. The molecule has 0 heterocycles. The Morgan fingerprint density at radius 2 is 1.48 bits per heavy atom. The summed E-state index contributed by atoms with van der Waals surface area (Å²) in [6, 6.07) is 15.3. The van der Waals surface area contributed by atoms with Crippen LogP contribution in [0, 0.1) is 5.92 Å². The maximum atomic E-state index is 12.6. The van der Waals surface area contributed by atoms with E-state index in [0.29, 0.717) is 17.8 Å². The van der Waals surface area contributed by atoms with Gasteiger partial charge in [0.05, 0.1) is 0 Å². The lowest BCUT2D eigenvalue weighted by Gasteiger charge is -2.21. The van der Waals surface area contributed by atoms with Crippen molar-refractivity contribution >= 4 is 29.3 Å². The molecule has 0 aromatic heterocycles. The highest BCUT2D eigenvalue weighted by Crippen LogP contribution is 2.15. The summed E-state index contributed by atoms with van der Waals surface area (Å²) in [7, 11) is 0. The summed E-state index contributed by atoms with van der Waals surface area (Å²) in [5, 5.41) is 8.14. The number of anilines is 2. The van der Waals surface area contributed by atoms with Crippen molar-refractivity contribution in [2.45, 2.75) is 39.8 Å². The van der Waals surface area contributed by atoms with E-state index in [1.807, 2.05) is 44.2 Å². The molecule has 2 aromatic carbocycles. The van der Waals surface area contributed by atoms with E-state index in [2.05, 4.69) is 16.0 Å². The first kappa shape index (κ1) is 21.9. The number of carbonyl (C=O) groups excluding carboxylic acids is 3. The van der Waals surface area contributed by atoms with Crippen LogP contribution in [0.1, 0.15) is 32.8 Å². The maximum Gasteiger partial charge on any atom is 0.408 e. The van der Waals surface area contributed by atoms with Crippen molar-refractivity contribution in [2.24, 2.45) is 5.92 Å². The number of ether oxygens (including phenoxy) is 1. The predicted octanol–water partition coefficient (Wildman–Crippen LogP) is 3.92. The van der Waals surface area contributed by atoms with Crippen molar-refractivity contribution in [1.29, 1.82) is 0 Å². The van der Waals surface area contributed by atoms with Crippen LogP contribution >= 0.6 is 0 Å². The number of alkyl carbamates (subject to hydrolysis) is 1. The topological polar surface area (TPSA) is 96.5 Å². The van der Waals surface area contributed by atoms with Gasteiger partial charge in [0, 0.05) is 17.8 Å². The highest BCUT2D eigenvalue weighted by molar-refractivity contribution is 5.97. The largest absolute Gasteiger partial charge is 0.445 e. The van der Waals surface area contributed by atoms with Gasteiger partial charge in [-0.05, 0) is 35.7 Å². The monoisotopic (exact) mass is 397 g/mol. The lowest BCUT2D eigenvalue weighted by molar-refractivity contribution is -0.119. The number of rotatable bonds is 8. The van der Waals surface area contributed by atoms with E-state index in [1.54, 1.807) is 31.2 Å². The summed E-state index contributed by atoms with van der Waals surface area (Å²) in [4.78, 5) is 36.2. The summed E-state index contributed by atoms with van der Waals surface area (Å²) in [6.45, 7) is 5.58. The molecule has 0 aliphatic rings. The zero-order valence-corrected chi connectivity index (χ0v) is 16.9. The van der Waals surface area contributed by atoms with Crippen LogP contribution in [-0.4, -0.2) is 23.9 Å². The standard InChI is InChI=1S/C22H27N3O4/c1-4-19(26)23-17-10-12-18(13-11-17)24-21(27)20(15(2)3)25-22(28)29-14-16-8-6-5-7-9-16/h5-13,15,20H,4,14H2,1-3H3,(H,23,26)(H,24,27)(H,25,28)/t20-/m0/s1. The number of benzene rings is 2. The van der Waals surface area contributed by atoms with Gasteiger partial charge >= 0.3 is 6.09 Å². The van der Waals surface area contributed by atoms with Crippen molar-refractivity contribution in [3.8, 4) is 0 Å². The first-order valence-corrected chi connectivity index (χ1v) is 9.57. The van der Waals surface area contributed by atoms with Crippen LogP contribution in [0.4, 0.5) is 16.2 Å². The molecule has 0 radical (unpaired) electrons. The Morgan fingerprint density at radius 1 is 0.897 bits per heavy atom. The Kier molecular flexibility index (Phi) is 8.21. The van der Waals surface area contributed by atoms with Crippen LogP contribution in [0.15, 0.2) is 54.6 Å². The number of hydrogen-bond acceptors (Lipinski definition) is 4. The van der Waals surface area contributed by atoms with E-state index in [9.17, 15) is 14.4 Å². The maximum absolute atomic E-state index is 12.6. The third kappa shape index (κ3) is 7.29. The second-order valence-electron chi connectivity index (χ2n) is 6.90. The fraction of sp³-hybridized carbons (Fsp3) is 0.318. The third-order valence-electron chi connectivity index (χ3n) is 4.19. The fourth-order valence-electron chi connectivity index (χ4n) is 2.53. The van der Waals surface area contributed by atoms with Crippen molar-refractivity contribution in [3.05, 3.63) is 60.2 Å². The van der Waals surface area contributed by atoms with Gasteiger partial charge in [-0.1, -0.05) is 51.1 Å². The molecule has 0 aliphatic carbocycles. The zero-order valence-electron chi connectivity index (χ0n) is 16.9. The molecule has 0 saturated carbocycles. The molecular formula is C22H27N3O4. The highest BCUT2D eigenvalue weighted by Gasteiger charge is 2.25. The molecule has 7 nitrogen and oxygen atoms in total. The lowest BCUT2D eigenvalue weighted by Crippen LogP contribution is -2.47. The van der Waals surface area contributed by atoms with E-state index in [0.717, 1.165) is 5.56 Å². The summed E-state index contributed by atoms with van der Waals surface area (Å²) in [5.74, 6) is -0.565. The van der Waals surface area contributed by atoms with E-state index in [1.165, 1.54) is 0 Å². The van der Waals surface area contributed by atoms with Gasteiger partial charge in [0.2, 0.25) is 11.8 Å². The first-order chi connectivity index (χ1) is 13.9. The SMILES string of the molecule is CCC(=O)Nc1ccc(NC(=O)[C@@H](NC(=O)OCc2ccccc2)C(C)C)cc1. The Morgan fingerprint density at radius 3 is 2.03 bits per heavy atom. The number of hydrogen-bond donors (Lipinski definition) is 3. The first-order valence-electron chi connectivity index (χ1n) is 9.57. The van der Waals surface area contributed by atoms with Crippen molar-refractivity contribution in [2.75, 3.05) is 10.6 Å². The summed E-state index contributed by atoms with van der Waals surface area (Å²) < 4.78 is 5.20. The zero-order chi connectivity index (χ0) is 21.2. The minimum atomic E-state index is -0.752. The average Bonchev–Trinajstić information content (AvgIpc) is 2.72. The van der Waals surface area contributed by atoms with Gasteiger partial charge in [-0.3, -0.25) is 9.59 Å². The lowest BCUT2D eigenvalue weighted by atomic mass is 10.0. The van der Waals surface area contributed by atoms with E-state index in [-0.39, 0.29) is 24.3 Å². The van der Waals surface area contributed by atoms with Crippen LogP contribution in [0.5, 0.6) is 0 Å². The van der Waals surface area contributed by atoms with E-state index >= 15 is 0 Å². The van der Waals surface area contributed by atoms with E-state index in [4.69, 9.17) is 4.74 Å². The molecule has 0 spiro atoms. The highest BCUT2D eigenvalue weighted by atomic mass is 16.5. The van der Waals surface area contributed by atoms with Crippen LogP contribution < -0.4 is 16.0 Å². The molecule has 2 rings (SSSR count). The molecule has 0 aliphatic heterocycles. The van der Waals surface area contributed by atoms with Crippen molar-refractivity contribution < 1.29 is 19.1 Å². The second-order valence-corrected chi connectivity index (χ2v) is 6.90. The Balaban J connectivity index is 1.91. The Labute approximate surface area is 170 Å². The molecule has 3 amide bonds. The number of amides is 3. The van der Waals surface area contributed by atoms with E-state index < -0.39 is 12.1 Å². The van der Waals surface area contributed by atoms with Gasteiger partial charge in [0.1, 0.15) is 12.6 Å². The third-order valence-corrected chi connectivity index (χ3v) is 4.19. The predicted molar refractivity (Wildman–Crippen MR) is 112 cm³/mol. The summed E-state index contributed by atoms with van der Waals surface area (Å²) in [5.41, 5.74) is 2.08. The Hall–Kier alpha value is -3.35. The van der Waals surface area contributed by atoms with Crippen LogP contribution in [0.3, 0.4) is 0 Å². The normalized spacial score (nSPS) is 11.4. The van der Waals surface area contributed by atoms with Crippen molar-refractivity contribution in [1.82, 2.24) is 5.32 Å².